The van der Waals surface area contributed by atoms with Crippen molar-refractivity contribution >= 4 is 33.3 Å². The number of Topliss-reactive ketones (excluding diaryl/α,β-unsaturated/α-hetero) is 1. The first-order chi connectivity index (χ1) is 11.3. The average molecular weight is 388 g/mol. The van der Waals surface area contributed by atoms with Gasteiger partial charge >= 0.3 is 0 Å². The van der Waals surface area contributed by atoms with Crippen molar-refractivity contribution in [3.05, 3.63) is 63.6 Å². The predicted molar refractivity (Wildman–Crippen MR) is 95.7 cm³/mol. The molecule has 1 aliphatic heterocycles. The van der Waals surface area contributed by atoms with Gasteiger partial charge in [0.05, 0.1) is 12.2 Å². The van der Waals surface area contributed by atoms with Crippen molar-refractivity contribution in [2.75, 3.05) is 4.90 Å². The molecule has 24 heavy (non-hydrogen) atoms. The van der Waals surface area contributed by atoms with Gasteiger partial charge in [0.25, 0.3) is 5.91 Å². The van der Waals surface area contributed by atoms with Crippen LogP contribution in [0.2, 0.25) is 0 Å². The molecule has 2 aromatic carbocycles. The van der Waals surface area contributed by atoms with Crippen LogP contribution in [0.3, 0.4) is 0 Å². The minimum atomic E-state index is -1.80. The molecule has 1 N–H and O–H groups in total. The van der Waals surface area contributed by atoms with E-state index in [1.807, 2.05) is 37.3 Å². The first-order valence-corrected chi connectivity index (χ1v) is 8.50. The van der Waals surface area contributed by atoms with E-state index in [0.717, 1.165) is 15.6 Å². The van der Waals surface area contributed by atoms with Gasteiger partial charge in [-0.3, -0.25) is 9.59 Å². The van der Waals surface area contributed by atoms with Gasteiger partial charge in [-0.2, -0.15) is 0 Å². The number of ketones is 1. The summed E-state index contributed by atoms with van der Waals surface area (Å²) < 4.78 is 0.758. The number of benzene rings is 2. The lowest BCUT2D eigenvalue weighted by atomic mass is 9.90. The van der Waals surface area contributed by atoms with Crippen LogP contribution in [-0.2, 0) is 21.7 Å². The zero-order valence-electron chi connectivity index (χ0n) is 13.5. The van der Waals surface area contributed by atoms with E-state index in [2.05, 4.69) is 15.9 Å². The molecular formula is C19H18BrNO3. The topological polar surface area (TPSA) is 57.6 Å². The number of aryl methyl sites for hydroxylation is 1. The van der Waals surface area contributed by atoms with Gasteiger partial charge in [-0.05, 0) is 37.6 Å². The van der Waals surface area contributed by atoms with Crippen molar-refractivity contribution in [3.8, 4) is 0 Å². The van der Waals surface area contributed by atoms with Gasteiger partial charge in [-0.25, -0.2) is 0 Å². The van der Waals surface area contributed by atoms with Crippen LogP contribution in [0.4, 0.5) is 5.69 Å². The fourth-order valence-corrected chi connectivity index (χ4v) is 3.45. The smallest absolute Gasteiger partial charge is 0.264 e. The molecule has 0 saturated heterocycles. The maximum atomic E-state index is 12.9. The first-order valence-electron chi connectivity index (χ1n) is 7.70. The third kappa shape index (κ3) is 2.89. The fraction of sp³-hybridized carbons (Fsp3) is 0.263. The highest BCUT2D eigenvalue weighted by Crippen LogP contribution is 2.44. The highest BCUT2D eigenvalue weighted by Gasteiger charge is 2.50. The van der Waals surface area contributed by atoms with Gasteiger partial charge in [0.1, 0.15) is 5.78 Å². The molecule has 4 nitrogen and oxygen atoms in total. The van der Waals surface area contributed by atoms with Crippen LogP contribution in [0.15, 0.2) is 46.9 Å². The van der Waals surface area contributed by atoms with Crippen LogP contribution in [-0.4, -0.2) is 16.8 Å². The van der Waals surface area contributed by atoms with E-state index in [-0.39, 0.29) is 12.2 Å². The lowest BCUT2D eigenvalue weighted by Crippen LogP contribution is -2.41. The number of halogens is 1. The molecule has 0 spiro atoms. The van der Waals surface area contributed by atoms with Crippen molar-refractivity contribution in [1.29, 1.82) is 0 Å². The zero-order valence-corrected chi connectivity index (χ0v) is 15.1. The quantitative estimate of drug-likeness (QED) is 0.873. The number of carbonyl (C=O) groups is 2. The van der Waals surface area contributed by atoms with Gasteiger partial charge < -0.3 is 10.0 Å². The highest BCUT2D eigenvalue weighted by molar-refractivity contribution is 9.10. The van der Waals surface area contributed by atoms with Gasteiger partial charge in [0, 0.05) is 16.5 Å². The summed E-state index contributed by atoms with van der Waals surface area (Å²) in [6, 6.07) is 13.2. The molecule has 0 radical (unpaired) electrons. The molecule has 1 aliphatic rings. The summed E-state index contributed by atoms with van der Waals surface area (Å²) in [5.74, 6) is -0.680. The number of rotatable bonds is 4. The molecule has 124 valence electrons. The Morgan fingerprint density at radius 1 is 1.21 bits per heavy atom. The molecule has 1 unspecified atom stereocenters. The molecule has 0 fully saturated rings. The van der Waals surface area contributed by atoms with Crippen LogP contribution in [0.1, 0.15) is 30.0 Å². The standard InChI is InChI=1S/C19H18BrNO3/c1-12-3-5-14(6-4-12)11-21-17-8-7-15(20)9-16(17)19(24,18(21)23)10-13(2)22/h3-9,24H,10-11H2,1-2H3. The number of nitrogens with zero attached hydrogens (tertiary/aromatic N) is 1. The largest absolute Gasteiger partial charge is 0.375 e. The second-order valence-corrected chi connectivity index (χ2v) is 7.19. The summed E-state index contributed by atoms with van der Waals surface area (Å²) in [7, 11) is 0. The molecule has 5 heteroatoms. The molecule has 3 rings (SSSR count). The van der Waals surface area contributed by atoms with Crippen LogP contribution >= 0.6 is 15.9 Å². The minimum absolute atomic E-state index is 0.223. The number of amides is 1. The van der Waals surface area contributed by atoms with Crippen molar-refractivity contribution in [1.82, 2.24) is 0 Å². The molecule has 1 heterocycles. The first kappa shape index (κ1) is 16.9. The molecule has 1 atom stereocenters. The van der Waals surface area contributed by atoms with Crippen LogP contribution < -0.4 is 4.90 Å². The Hall–Kier alpha value is -1.98. The molecule has 2 aromatic rings. The SMILES string of the molecule is CC(=O)CC1(O)C(=O)N(Cc2ccc(C)cc2)c2ccc(Br)cc21. The Morgan fingerprint density at radius 2 is 1.88 bits per heavy atom. The molecule has 0 bridgehead atoms. The lowest BCUT2D eigenvalue weighted by molar-refractivity contribution is -0.141. The average Bonchev–Trinajstić information content (AvgIpc) is 2.71. The van der Waals surface area contributed by atoms with Crippen molar-refractivity contribution in [2.45, 2.75) is 32.4 Å². The molecular weight excluding hydrogens is 370 g/mol. The van der Waals surface area contributed by atoms with Gasteiger partial charge in [-0.1, -0.05) is 45.8 Å². The van der Waals surface area contributed by atoms with Crippen molar-refractivity contribution in [2.24, 2.45) is 0 Å². The third-order valence-electron chi connectivity index (χ3n) is 4.26. The van der Waals surface area contributed by atoms with E-state index < -0.39 is 11.5 Å². The second kappa shape index (κ2) is 6.15. The number of hydrogen-bond acceptors (Lipinski definition) is 3. The summed E-state index contributed by atoms with van der Waals surface area (Å²) in [5, 5.41) is 11.0. The monoisotopic (exact) mass is 387 g/mol. The van der Waals surface area contributed by atoms with Gasteiger partial charge in [0.15, 0.2) is 5.60 Å². The number of hydrogen-bond donors (Lipinski definition) is 1. The summed E-state index contributed by atoms with van der Waals surface area (Å²) >= 11 is 3.37. The van der Waals surface area contributed by atoms with Crippen molar-refractivity contribution in [3.63, 3.8) is 0 Å². The summed E-state index contributed by atoms with van der Waals surface area (Å²) in [6.07, 6.45) is -0.223. The summed E-state index contributed by atoms with van der Waals surface area (Å²) in [5.41, 5.74) is 1.44. The van der Waals surface area contributed by atoms with E-state index in [1.54, 1.807) is 17.0 Å². The third-order valence-corrected chi connectivity index (χ3v) is 4.75. The van der Waals surface area contributed by atoms with E-state index in [4.69, 9.17) is 0 Å². The highest BCUT2D eigenvalue weighted by atomic mass is 79.9. The molecule has 0 saturated carbocycles. The molecule has 1 amide bonds. The Kier molecular flexibility index (Phi) is 4.32. The maximum absolute atomic E-state index is 12.9. The minimum Gasteiger partial charge on any atom is -0.375 e. The Morgan fingerprint density at radius 3 is 2.50 bits per heavy atom. The van der Waals surface area contributed by atoms with Gasteiger partial charge in [-0.15, -0.1) is 0 Å². The number of aliphatic hydroxyl groups is 1. The second-order valence-electron chi connectivity index (χ2n) is 6.28. The summed E-state index contributed by atoms with van der Waals surface area (Å²) in [4.78, 5) is 26.1. The Labute approximate surface area is 149 Å². The van der Waals surface area contributed by atoms with E-state index in [1.165, 1.54) is 6.92 Å². The van der Waals surface area contributed by atoms with E-state index in [9.17, 15) is 14.7 Å². The molecule has 0 aromatic heterocycles. The zero-order chi connectivity index (χ0) is 17.5. The predicted octanol–water partition coefficient (Wildman–Crippen LogP) is 3.47. The van der Waals surface area contributed by atoms with E-state index in [0.29, 0.717) is 17.8 Å². The lowest BCUT2D eigenvalue weighted by Gasteiger charge is -2.22. The number of fused-ring (bicyclic) bond motifs is 1. The maximum Gasteiger partial charge on any atom is 0.264 e. The Bertz CT molecular complexity index is 816. The fourth-order valence-electron chi connectivity index (χ4n) is 3.09. The number of anilines is 1. The van der Waals surface area contributed by atoms with Crippen molar-refractivity contribution < 1.29 is 14.7 Å². The van der Waals surface area contributed by atoms with Gasteiger partial charge in [0.2, 0.25) is 0 Å². The normalized spacial score (nSPS) is 19.5. The van der Waals surface area contributed by atoms with Crippen LogP contribution in [0.25, 0.3) is 0 Å². The molecule has 0 aliphatic carbocycles. The number of carbonyl (C=O) groups excluding carboxylic acids is 2. The van der Waals surface area contributed by atoms with Crippen LogP contribution in [0.5, 0.6) is 0 Å². The Balaban J connectivity index is 2.04. The van der Waals surface area contributed by atoms with E-state index >= 15 is 0 Å². The van der Waals surface area contributed by atoms with Crippen LogP contribution in [0, 0.1) is 6.92 Å². The summed E-state index contributed by atoms with van der Waals surface area (Å²) in [6.45, 7) is 3.74.